The number of nitrogens with one attached hydrogen (secondary N) is 1. The molecule has 4 nitrogen and oxygen atoms in total. The third-order valence-corrected chi connectivity index (χ3v) is 4.43. The van der Waals surface area contributed by atoms with E-state index < -0.39 is 0 Å². The Morgan fingerprint density at radius 2 is 2.23 bits per heavy atom. The number of aromatic nitrogens is 1. The van der Waals surface area contributed by atoms with Gasteiger partial charge in [0.2, 0.25) is 5.91 Å². The van der Waals surface area contributed by atoms with E-state index in [1.807, 2.05) is 31.2 Å². The first kappa shape index (κ1) is 15.0. The lowest BCUT2D eigenvalue weighted by atomic mass is 10.1. The number of anilines is 1. The normalized spacial score (nSPS) is 13.9. The summed E-state index contributed by atoms with van der Waals surface area (Å²) in [6, 6.07) is 7.87. The molecule has 1 N–H and O–H groups in total. The third kappa shape index (κ3) is 3.85. The Balaban J connectivity index is 1.53. The van der Waals surface area contributed by atoms with E-state index in [1.165, 1.54) is 24.2 Å². The Hall–Kier alpha value is -1.88. The fourth-order valence-electron chi connectivity index (χ4n) is 2.35. The van der Waals surface area contributed by atoms with Crippen molar-refractivity contribution in [2.24, 2.45) is 0 Å². The summed E-state index contributed by atoms with van der Waals surface area (Å²) in [5, 5.41) is 5.66. The molecule has 22 heavy (non-hydrogen) atoms. The molecule has 1 aromatic heterocycles. The third-order valence-electron chi connectivity index (χ3n) is 3.66. The van der Waals surface area contributed by atoms with Crippen LogP contribution < -0.4 is 10.1 Å². The van der Waals surface area contributed by atoms with Crippen molar-refractivity contribution in [3.63, 3.8) is 0 Å². The number of ether oxygens (including phenoxy) is 1. The number of hydrogen-bond donors (Lipinski definition) is 1. The minimum Gasteiger partial charge on any atom is -0.494 e. The molecule has 1 heterocycles. The Morgan fingerprint density at radius 3 is 3.00 bits per heavy atom. The Kier molecular flexibility index (Phi) is 4.73. The zero-order valence-electron chi connectivity index (χ0n) is 12.7. The lowest BCUT2D eigenvalue weighted by Gasteiger charge is -2.09. The number of rotatable bonds is 7. The second-order valence-electron chi connectivity index (χ2n) is 5.44. The first-order chi connectivity index (χ1) is 10.8. The van der Waals surface area contributed by atoms with Crippen LogP contribution in [-0.2, 0) is 11.2 Å². The van der Waals surface area contributed by atoms with Gasteiger partial charge in [0.15, 0.2) is 5.13 Å². The number of para-hydroxylation sites is 1. The molecule has 0 saturated heterocycles. The van der Waals surface area contributed by atoms with Gasteiger partial charge in [-0.15, -0.1) is 11.3 Å². The van der Waals surface area contributed by atoms with E-state index in [0.717, 1.165) is 17.0 Å². The average molecular weight is 316 g/mol. The van der Waals surface area contributed by atoms with E-state index >= 15 is 0 Å². The molecule has 0 spiro atoms. The molecule has 1 aromatic carbocycles. The molecule has 1 saturated carbocycles. The van der Waals surface area contributed by atoms with Crippen molar-refractivity contribution in [1.82, 2.24) is 4.98 Å². The second-order valence-corrected chi connectivity index (χ2v) is 6.30. The number of nitrogens with zero attached hydrogens (tertiary/aromatic N) is 1. The van der Waals surface area contributed by atoms with E-state index in [1.54, 1.807) is 0 Å². The molecule has 5 heteroatoms. The van der Waals surface area contributed by atoms with Gasteiger partial charge in [0.25, 0.3) is 0 Å². The summed E-state index contributed by atoms with van der Waals surface area (Å²) in [6.45, 7) is 2.59. The van der Waals surface area contributed by atoms with Gasteiger partial charge in [-0.1, -0.05) is 18.2 Å². The summed E-state index contributed by atoms with van der Waals surface area (Å²) >= 11 is 1.51. The van der Waals surface area contributed by atoms with Crippen molar-refractivity contribution in [3.8, 4) is 5.75 Å². The van der Waals surface area contributed by atoms with E-state index in [9.17, 15) is 4.79 Å². The number of carbonyl (C=O) groups excluding carboxylic acids is 1. The summed E-state index contributed by atoms with van der Waals surface area (Å²) in [5.74, 6) is 1.49. The molecule has 0 radical (unpaired) electrons. The lowest BCUT2D eigenvalue weighted by Crippen LogP contribution is -2.12. The van der Waals surface area contributed by atoms with Crippen LogP contribution in [-0.4, -0.2) is 17.5 Å². The highest BCUT2D eigenvalue weighted by Gasteiger charge is 2.26. The number of carbonyl (C=O) groups is 1. The van der Waals surface area contributed by atoms with Crippen molar-refractivity contribution in [2.45, 2.75) is 38.5 Å². The molecule has 1 amide bonds. The standard InChI is InChI=1S/C17H20N2O2S/c1-2-21-15-6-4-3-5-13(15)9-10-16(20)19-17-18-14(11-22-17)12-7-8-12/h3-6,11-12H,2,7-10H2,1H3,(H,18,19,20). The largest absolute Gasteiger partial charge is 0.494 e. The van der Waals surface area contributed by atoms with Gasteiger partial charge in [-0.05, 0) is 37.8 Å². The highest BCUT2D eigenvalue weighted by atomic mass is 32.1. The number of benzene rings is 1. The summed E-state index contributed by atoms with van der Waals surface area (Å²) in [7, 11) is 0. The zero-order valence-corrected chi connectivity index (χ0v) is 13.5. The summed E-state index contributed by atoms with van der Waals surface area (Å²) in [5.41, 5.74) is 2.19. The first-order valence-corrected chi connectivity index (χ1v) is 8.60. The molecule has 3 rings (SSSR count). The molecule has 116 valence electrons. The average Bonchev–Trinajstić information content (AvgIpc) is 3.27. The SMILES string of the molecule is CCOc1ccccc1CCC(=O)Nc1nc(C2CC2)cs1. The molecule has 0 atom stereocenters. The van der Waals surface area contributed by atoms with E-state index in [4.69, 9.17) is 4.74 Å². The highest BCUT2D eigenvalue weighted by molar-refractivity contribution is 7.13. The van der Waals surface area contributed by atoms with E-state index in [-0.39, 0.29) is 5.91 Å². The van der Waals surface area contributed by atoms with Crippen LogP contribution in [0.15, 0.2) is 29.6 Å². The molecular weight excluding hydrogens is 296 g/mol. The molecular formula is C17H20N2O2S. The Bertz CT molecular complexity index is 650. The van der Waals surface area contributed by atoms with Crippen LogP contribution in [0.25, 0.3) is 0 Å². The minimum atomic E-state index is 0.00278. The van der Waals surface area contributed by atoms with Gasteiger partial charge < -0.3 is 10.1 Å². The van der Waals surface area contributed by atoms with Crippen LogP contribution in [0.5, 0.6) is 5.75 Å². The Labute approximate surface area is 134 Å². The van der Waals surface area contributed by atoms with Crippen molar-refractivity contribution >= 4 is 22.4 Å². The Morgan fingerprint density at radius 1 is 1.41 bits per heavy atom. The minimum absolute atomic E-state index is 0.00278. The summed E-state index contributed by atoms with van der Waals surface area (Å²) < 4.78 is 5.58. The van der Waals surface area contributed by atoms with Crippen LogP contribution in [0.1, 0.15) is 43.4 Å². The molecule has 1 aliphatic rings. The van der Waals surface area contributed by atoms with Gasteiger partial charge in [0.1, 0.15) is 5.75 Å². The maximum atomic E-state index is 12.1. The highest BCUT2D eigenvalue weighted by Crippen LogP contribution is 2.40. The zero-order chi connectivity index (χ0) is 15.4. The van der Waals surface area contributed by atoms with Crippen molar-refractivity contribution in [2.75, 3.05) is 11.9 Å². The number of amides is 1. The fourth-order valence-corrected chi connectivity index (χ4v) is 3.16. The van der Waals surface area contributed by atoms with Gasteiger partial charge in [-0.3, -0.25) is 4.79 Å². The topological polar surface area (TPSA) is 51.2 Å². The van der Waals surface area contributed by atoms with Gasteiger partial charge in [0.05, 0.1) is 12.3 Å². The summed E-state index contributed by atoms with van der Waals surface area (Å²) in [6.07, 6.45) is 3.56. The number of hydrogen-bond acceptors (Lipinski definition) is 4. The van der Waals surface area contributed by atoms with Crippen molar-refractivity contribution in [1.29, 1.82) is 0 Å². The van der Waals surface area contributed by atoms with Crippen LogP contribution in [0, 0.1) is 0 Å². The smallest absolute Gasteiger partial charge is 0.226 e. The van der Waals surface area contributed by atoms with Crippen LogP contribution in [0.2, 0.25) is 0 Å². The summed E-state index contributed by atoms with van der Waals surface area (Å²) in [4.78, 5) is 16.5. The second kappa shape index (κ2) is 6.92. The molecule has 0 aliphatic heterocycles. The van der Waals surface area contributed by atoms with Crippen molar-refractivity contribution < 1.29 is 9.53 Å². The molecule has 1 fully saturated rings. The van der Waals surface area contributed by atoms with E-state index in [0.29, 0.717) is 30.5 Å². The van der Waals surface area contributed by atoms with Gasteiger partial charge >= 0.3 is 0 Å². The molecule has 0 bridgehead atoms. The van der Waals surface area contributed by atoms with Gasteiger partial charge in [-0.2, -0.15) is 0 Å². The predicted molar refractivity (Wildman–Crippen MR) is 88.7 cm³/mol. The number of thiazole rings is 1. The lowest BCUT2D eigenvalue weighted by molar-refractivity contribution is -0.116. The molecule has 0 unspecified atom stereocenters. The van der Waals surface area contributed by atoms with Crippen LogP contribution in [0.3, 0.4) is 0 Å². The van der Waals surface area contributed by atoms with E-state index in [2.05, 4.69) is 15.7 Å². The number of aryl methyl sites for hydroxylation is 1. The maximum absolute atomic E-state index is 12.1. The maximum Gasteiger partial charge on any atom is 0.226 e. The van der Waals surface area contributed by atoms with Gasteiger partial charge in [0, 0.05) is 17.7 Å². The van der Waals surface area contributed by atoms with Crippen molar-refractivity contribution in [3.05, 3.63) is 40.9 Å². The molecule has 1 aliphatic carbocycles. The van der Waals surface area contributed by atoms with Gasteiger partial charge in [-0.25, -0.2) is 4.98 Å². The molecule has 2 aromatic rings. The fraction of sp³-hybridized carbons (Fsp3) is 0.412. The monoisotopic (exact) mass is 316 g/mol. The first-order valence-electron chi connectivity index (χ1n) is 7.72. The predicted octanol–water partition coefficient (Wildman–Crippen LogP) is 3.99. The van der Waals surface area contributed by atoms with Crippen LogP contribution >= 0.6 is 11.3 Å². The quantitative estimate of drug-likeness (QED) is 0.840. The van der Waals surface area contributed by atoms with Crippen LogP contribution in [0.4, 0.5) is 5.13 Å².